The van der Waals surface area contributed by atoms with Crippen LogP contribution in [-0.2, 0) is 11.0 Å². The average Bonchev–Trinajstić information content (AvgIpc) is 2.60. The molecule has 0 saturated carbocycles. The van der Waals surface area contributed by atoms with Gasteiger partial charge in [0.15, 0.2) is 5.60 Å². The lowest BCUT2D eigenvalue weighted by Crippen LogP contribution is -2.45. The number of nitro benzene ring substituents is 1. The number of amides is 1. The molecule has 0 spiro atoms. The number of hydrogen-bond donors (Lipinski definition) is 2. The van der Waals surface area contributed by atoms with Crippen LogP contribution in [0.4, 0.5) is 28.9 Å². The van der Waals surface area contributed by atoms with Crippen LogP contribution < -0.4 is 10.1 Å². The minimum Gasteiger partial charge on any atom is -0.490 e. The van der Waals surface area contributed by atoms with Crippen molar-refractivity contribution in [3.05, 3.63) is 63.5 Å². The van der Waals surface area contributed by atoms with Gasteiger partial charge in [-0.3, -0.25) is 14.9 Å². The van der Waals surface area contributed by atoms with Gasteiger partial charge in [0, 0.05) is 11.8 Å². The van der Waals surface area contributed by atoms with E-state index in [2.05, 4.69) is 5.32 Å². The SMILES string of the molecule is Cc1cc(F)ccc1OC[C@](C)(O)C(=O)Nc1ccc([N+](=O)[O-])c(C(F)(F)F)c1. The highest BCUT2D eigenvalue weighted by molar-refractivity contribution is 5.97. The maximum atomic E-state index is 13.1. The van der Waals surface area contributed by atoms with Gasteiger partial charge in [0.1, 0.15) is 23.7 Å². The van der Waals surface area contributed by atoms with Crippen molar-refractivity contribution in [1.29, 1.82) is 0 Å². The largest absolute Gasteiger partial charge is 0.490 e. The van der Waals surface area contributed by atoms with Crippen LogP contribution in [0.1, 0.15) is 18.1 Å². The first-order chi connectivity index (χ1) is 13.3. The molecule has 0 unspecified atom stereocenters. The standard InChI is InChI=1S/C18H16F4N2O5/c1-10-7-11(19)3-6-15(10)29-9-17(2,26)16(25)23-12-4-5-14(24(27)28)13(8-12)18(20,21)22/h3-8,26H,9H2,1-2H3,(H,23,25)/t17-/m0/s1. The fraction of sp³-hybridized carbons (Fsp3) is 0.278. The molecule has 0 saturated heterocycles. The second-order valence-electron chi connectivity index (χ2n) is 6.41. The molecule has 0 aromatic heterocycles. The molecule has 156 valence electrons. The lowest BCUT2D eigenvalue weighted by Gasteiger charge is -2.23. The Kier molecular flexibility index (Phi) is 6.12. The summed E-state index contributed by atoms with van der Waals surface area (Å²) in [6.07, 6.45) is -5.02. The summed E-state index contributed by atoms with van der Waals surface area (Å²) in [7, 11) is 0. The molecule has 0 heterocycles. The third-order valence-electron chi connectivity index (χ3n) is 3.89. The predicted octanol–water partition coefficient (Wildman–Crippen LogP) is 3.83. The fourth-order valence-electron chi connectivity index (χ4n) is 2.32. The van der Waals surface area contributed by atoms with Gasteiger partial charge in [-0.1, -0.05) is 0 Å². The Morgan fingerprint density at radius 2 is 1.90 bits per heavy atom. The number of nitrogens with one attached hydrogen (secondary N) is 1. The minimum absolute atomic E-state index is 0.203. The number of nitro groups is 1. The van der Waals surface area contributed by atoms with Gasteiger partial charge in [-0.15, -0.1) is 0 Å². The Balaban J connectivity index is 2.16. The molecule has 0 radical (unpaired) electrons. The predicted molar refractivity (Wildman–Crippen MR) is 94.0 cm³/mol. The van der Waals surface area contributed by atoms with Crippen LogP contribution >= 0.6 is 0 Å². The summed E-state index contributed by atoms with van der Waals surface area (Å²) in [4.78, 5) is 21.8. The Bertz CT molecular complexity index is 944. The van der Waals surface area contributed by atoms with Crippen molar-refractivity contribution in [2.45, 2.75) is 25.6 Å². The number of nitrogens with zero attached hydrogens (tertiary/aromatic N) is 1. The van der Waals surface area contributed by atoms with Crippen molar-refractivity contribution in [1.82, 2.24) is 0 Å². The van der Waals surface area contributed by atoms with Crippen molar-refractivity contribution in [3.8, 4) is 5.75 Å². The maximum Gasteiger partial charge on any atom is 0.423 e. The van der Waals surface area contributed by atoms with Crippen LogP contribution in [-0.4, -0.2) is 28.1 Å². The summed E-state index contributed by atoms with van der Waals surface area (Å²) in [5, 5.41) is 23.1. The zero-order valence-corrected chi connectivity index (χ0v) is 15.2. The summed E-state index contributed by atoms with van der Waals surface area (Å²) >= 11 is 0. The molecule has 2 aromatic carbocycles. The second kappa shape index (κ2) is 8.03. The lowest BCUT2D eigenvalue weighted by molar-refractivity contribution is -0.388. The van der Waals surface area contributed by atoms with Gasteiger partial charge in [0.05, 0.1) is 4.92 Å². The number of ether oxygens (including phenoxy) is 1. The van der Waals surface area contributed by atoms with Crippen molar-refractivity contribution < 1.29 is 37.1 Å². The third-order valence-corrected chi connectivity index (χ3v) is 3.89. The number of rotatable bonds is 6. The Morgan fingerprint density at radius 1 is 1.24 bits per heavy atom. The molecular weight excluding hydrogens is 400 g/mol. The van der Waals surface area contributed by atoms with E-state index in [0.717, 1.165) is 19.1 Å². The number of benzene rings is 2. The molecule has 2 N–H and O–H groups in total. The monoisotopic (exact) mass is 416 g/mol. The van der Waals surface area contributed by atoms with Crippen molar-refractivity contribution >= 4 is 17.3 Å². The van der Waals surface area contributed by atoms with Crippen LogP contribution in [0.25, 0.3) is 0 Å². The molecular formula is C18H16F4N2O5. The van der Waals surface area contributed by atoms with Gasteiger partial charge in [-0.25, -0.2) is 4.39 Å². The van der Waals surface area contributed by atoms with E-state index < -0.39 is 52.0 Å². The summed E-state index contributed by atoms with van der Waals surface area (Å²) < 4.78 is 57.5. The molecule has 11 heteroatoms. The molecule has 0 bridgehead atoms. The van der Waals surface area contributed by atoms with Gasteiger partial charge < -0.3 is 15.2 Å². The zero-order valence-electron chi connectivity index (χ0n) is 15.2. The van der Waals surface area contributed by atoms with E-state index in [1.807, 2.05) is 0 Å². The number of carbonyl (C=O) groups is 1. The number of anilines is 1. The van der Waals surface area contributed by atoms with Crippen LogP contribution in [0, 0.1) is 22.9 Å². The molecule has 2 aromatic rings. The van der Waals surface area contributed by atoms with Crippen molar-refractivity contribution in [2.24, 2.45) is 0 Å². The van der Waals surface area contributed by atoms with E-state index >= 15 is 0 Å². The van der Waals surface area contributed by atoms with Gasteiger partial charge in [0.2, 0.25) is 0 Å². The van der Waals surface area contributed by atoms with Crippen LogP contribution in [0.5, 0.6) is 5.75 Å². The molecule has 7 nitrogen and oxygen atoms in total. The molecule has 2 rings (SSSR count). The highest BCUT2D eigenvalue weighted by Crippen LogP contribution is 2.37. The van der Waals surface area contributed by atoms with Crippen molar-refractivity contribution in [2.75, 3.05) is 11.9 Å². The first-order valence-electron chi connectivity index (χ1n) is 8.09. The molecule has 0 aliphatic heterocycles. The highest BCUT2D eigenvalue weighted by Gasteiger charge is 2.39. The van der Waals surface area contributed by atoms with Gasteiger partial charge >= 0.3 is 6.18 Å². The van der Waals surface area contributed by atoms with Gasteiger partial charge in [-0.2, -0.15) is 13.2 Å². The number of hydrogen-bond acceptors (Lipinski definition) is 5. The highest BCUT2D eigenvalue weighted by atomic mass is 19.4. The second-order valence-corrected chi connectivity index (χ2v) is 6.41. The number of aryl methyl sites for hydroxylation is 1. The number of carbonyl (C=O) groups excluding carboxylic acids is 1. The number of alkyl halides is 3. The minimum atomic E-state index is -5.02. The Hall–Kier alpha value is -3.21. The van der Waals surface area contributed by atoms with Crippen LogP contribution in [0.15, 0.2) is 36.4 Å². The van der Waals surface area contributed by atoms with Gasteiger partial charge in [0.25, 0.3) is 11.6 Å². The topological polar surface area (TPSA) is 102 Å². The van der Waals surface area contributed by atoms with Crippen LogP contribution in [0.2, 0.25) is 0 Å². The summed E-state index contributed by atoms with van der Waals surface area (Å²) in [5.74, 6) is -1.40. The third kappa shape index (κ3) is 5.41. The zero-order chi connectivity index (χ0) is 22.0. The summed E-state index contributed by atoms with van der Waals surface area (Å²) in [5.41, 5.74) is -4.87. The van der Waals surface area contributed by atoms with E-state index in [1.165, 1.54) is 12.1 Å². The number of halogens is 4. The molecule has 1 amide bonds. The number of aliphatic hydroxyl groups is 1. The Morgan fingerprint density at radius 3 is 2.45 bits per heavy atom. The smallest absolute Gasteiger partial charge is 0.423 e. The van der Waals surface area contributed by atoms with Crippen molar-refractivity contribution in [3.63, 3.8) is 0 Å². The van der Waals surface area contributed by atoms with E-state index in [-0.39, 0.29) is 5.75 Å². The van der Waals surface area contributed by atoms with Crippen LogP contribution in [0.3, 0.4) is 0 Å². The first-order valence-corrected chi connectivity index (χ1v) is 8.09. The summed E-state index contributed by atoms with van der Waals surface area (Å²) in [6, 6.07) is 5.51. The van der Waals surface area contributed by atoms with Gasteiger partial charge in [-0.05, 0) is 49.7 Å². The fourth-order valence-corrected chi connectivity index (χ4v) is 2.32. The molecule has 1 atom stereocenters. The summed E-state index contributed by atoms with van der Waals surface area (Å²) in [6.45, 7) is 2.03. The Labute approximate surface area is 162 Å². The normalized spacial score (nSPS) is 13.5. The molecule has 0 fully saturated rings. The molecule has 0 aliphatic carbocycles. The van der Waals surface area contributed by atoms with E-state index in [9.17, 15) is 37.6 Å². The first kappa shape index (κ1) is 22.1. The molecule has 0 aliphatic rings. The van der Waals surface area contributed by atoms with E-state index in [4.69, 9.17) is 4.74 Å². The van der Waals surface area contributed by atoms with E-state index in [0.29, 0.717) is 17.7 Å². The quantitative estimate of drug-likeness (QED) is 0.423. The average molecular weight is 416 g/mol. The lowest BCUT2D eigenvalue weighted by atomic mass is 10.1. The maximum absolute atomic E-state index is 13.1. The molecule has 29 heavy (non-hydrogen) atoms. The van der Waals surface area contributed by atoms with E-state index in [1.54, 1.807) is 6.92 Å².